The van der Waals surface area contributed by atoms with Gasteiger partial charge in [-0.1, -0.05) is 33.7 Å². The number of amides is 2. The van der Waals surface area contributed by atoms with Crippen LogP contribution in [0.4, 0.5) is 11.6 Å². The largest absolute Gasteiger partial charge is 0.396 e. The molecule has 0 radical (unpaired) electrons. The van der Waals surface area contributed by atoms with Gasteiger partial charge >= 0.3 is 0 Å². The molecular weight excluding hydrogens is 524 g/mol. The maximum absolute atomic E-state index is 12.7. The zero-order chi connectivity index (χ0) is 28.2. The fourth-order valence-electron chi connectivity index (χ4n) is 3.45. The maximum Gasteiger partial charge on any atom is 0.228 e. The highest BCUT2D eigenvalue weighted by Gasteiger charge is 2.16. The average molecular weight is 561 g/mol. The number of rotatable bonds is 14. The Morgan fingerprint density at radius 1 is 0.947 bits per heavy atom. The van der Waals surface area contributed by atoms with E-state index in [2.05, 4.69) is 15.3 Å². The fraction of sp³-hybridized carbons (Fsp3) is 0.385. The minimum absolute atomic E-state index is 0.0702. The van der Waals surface area contributed by atoms with Gasteiger partial charge in [-0.15, -0.1) is 0 Å². The second-order valence-corrected chi connectivity index (χ2v) is 10.9. The summed E-state index contributed by atoms with van der Waals surface area (Å²) in [6, 6.07) is 7.25. The second-order valence-electron chi connectivity index (χ2n) is 8.62. The molecule has 10 nitrogen and oxygen atoms in total. The lowest BCUT2D eigenvalue weighted by Gasteiger charge is -2.22. The van der Waals surface area contributed by atoms with E-state index in [1.807, 2.05) is 26.0 Å². The number of aliphatic hydroxyl groups is 2. The van der Waals surface area contributed by atoms with Gasteiger partial charge in [-0.25, -0.2) is 9.97 Å². The van der Waals surface area contributed by atoms with Crippen LogP contribution in [-0.2, 0) is 22.6 Å². The molecule has 2 amide bonds. The quantitative estimate of drug-likeness (QED) is 0.171. The third-order valence-electron chi connectivity index (χ3n) is 5.62. The van der Waals surface area contributed by atoms with Crippen molar-refractivity contribution in [3.8, 4) is 0 Å². The summed E-state index contributed by atoms with van der Waals surface area (Å²) < 4.78 is 0. The van der Waals surface area contributed by atoms with Crippen LogP contribution in [0.25, 0.3) is 0 Å². The highest BCUT2D eigenvalue weighted by Crippen LogP contribution is 2.42. The first kappa shape index (κ1) is 31.2. The Kier molecular flexibility index (Phi) is 12.6. The Hall–Kier alpha value is -3.06. The molecule has 2 rings (SSSR count). The standard InChI is InChI=1S/C26H36N6O4S2/c1-16-5-7-20(25(27)29-16)13-24(36)31-18(3)22(9-11-33)37-38-23(10-12-34)19(4)32(15-35)14-21-8-6-17(2)30-26(21)28/h5-8,15,33-34H,9-14H2,1-4H3,(H2,27,29)(H2,28,30)(H,31,36)/b22-18+,23-19-. The van der Waals surface area contributed by atoms with Crippen molar-refractivity contribution in [1.29, 1.82) is 0 Å². The van der Waals surface area contributed by atoms with Gasteiger partial charge in [0.15, 0.2) is 0 Å². The van der Waals surface area contributed by atoms with Gasteiger partial charge in [0.1, 0.15) is 11.6 Å². The number of carbonyl (C=O) groups excluding carboxylic acids is 2. The molecular formula is C26H36N6O4S2. The van der Waals surface area contributed by atoms with E-state index in [0.29, 0.717) is 47.0 Å². The minimum Gasteiger partial charge on any atom is -0.396 e. The number of pyridine rings is 2. The molecule has 0 fully saturated rings. The molecule has 206 valence electrons. The van der Waals surface area contributed by atoms with Crippen molar-refractivity contribution in [1.82, 2.24) is 20.2 Å². The normalized spacial score (nSPS) is 12.5. The van der Waals surface area contributed by atoms with Crippen molar-refractivity contribution >= 4 is 45.5 Å². The molecule has 0 aliphatic rings. The first-order valence-corrected chi connectivity index (χ1v) is 14.2. The number of aromatic nitrogens is 2. The summed E-state index contributed by atoms with van der Waals surface area (Å²) in [4.78, 5) is 36.1. The third-order valence-corrected chi connectivity index (χ3v) is 8.57. The molecule has 0 saturated carbocycles. The minimum atomic E-state index is -0.250. The van der Waals surface area contributed by atoms with E-state index in [-0.39, 0.29) is 32.1 Å². The highest BCUT2D eigenvalue weighted by atomic mass is 33.1. The van der Waals surface area contributed by atoms with Crippen LogP contribution in [0.15, 0.2) is 45.5 Å². The summed E-state index contributed by atoms with van der Waals surface area (Å²) in [5.41, 5.74) is 16.1. The number of allylic oxidation sites excluding steroid dienone is 2. The molecule has 7 N–H and O–H groups in total. The number of aryl methyl sites for hydroxylation is 2. The number of carbonyl (C=O) groups is 2. The molecule has 0 saturated heterocycles. The predicted molar refractivity (Wildman–Crippen MR) is 154 cm³/mol. The third kappa shape index (κ3) is 9.35. The maximum atomic E-state index is 12.7. The summed E-state index contributed by atoms with van der Waals surface area (Å²) in [7, 11) is 2.72. The Bertz CT molecular complexity index is 1200. The molecule has 38 heavy (non-hydrogen) atoms. The van der Waals surface area contributed by atoms with Gasteiger partial charge < -0.3 is 31.9 Å². The molecule has 2 aromatic heterocycles. The summed E-state index contributed by atoms with van der Waals surface area (Å²) in [6.07, 6.45) is 1.44. The summed E-state index contributed by atoms with van der Waals surface area (Å²) >= 11 is 0. The number of anilines is 2. The van der Waals surface area contributed by atoms with Gasteiger partial charge in [0.2, 0.25) is 12.3 Å². The van der Waals surface area contributed by atoms with Gasteiger partial charge in [0, 0.05) is 69.8 Å². The highest BCUT2D eigenvalue weighted by molar-refractivity contribution is 8.79. The van der Waals surface area contributed by atoms with Crippen LogP contribution in [0.2, 0.25) is 0 Å². The van der Waals surface area contributed by atoms with Gasteiger partial charge in [-0.3, -0.25) is 9.59 Å². The number of nitrogens with zero attached hydrogens (tertiary/aromatic N) is 3. The van der Waals surface area contributed by atoms with Crippen molar-refractivity contribution in [2.45, 2.75) is 53.5 Å². The zero-order valence-electron chi connectivity index (χ0n) is 22.2. The van der Waals surface area contributed by atoms with Crippen LogP contribution >= 0.6 is 21.6 Å². The zero-order valence-corrected chi connectivity index (χ0v) is 23.8. The van der Waals surface area contributed by atoms with Gasteiger partial charge in [-0.2, -0.15) is 0 Å². The average Bonchev–Trinajstić information content (AvgIpc) is 2.86. The topological polar surface area (TPSA) is 168 Å². The number of aliphatic hydroxyl groups excluding tert-OH is 2. The van der Waals surface area contributed by atoms with Crippen LogP contribution in [0, 0.1) is 13.8 Å². The summed E-state index contributed by atoms with van der Waals surface area (Å²) in [5, 5.41) is 22.2. The molecule has 0 aliphatic carbocycles. The smallest absolute Gasteiger partial charge is 0.228 e. The SMILES string of the molecule is C/C(=C(\CCO)SS/C(CCO)=C(\C)NC(=O)Cc1ccc(C)nc1N)N(C=O)Cc1ccc(C)nc1N. The van der Waals surface area contributed by atoms with Gasteiger partial charge in [-0.05, 0) is 39.8 Å². The van der Waals surface area contributed by atoms with E-state index < -0.39 is 0 Å². The Morgan fingerprint density at radius 2 is 1.47 bits per heavy atom. The molecule has 0 aromatic carbocycles. The van der Waals surface area contributed by atoms with Gasteiger partial charge in [0.25, 0.3) is 0 Å². The Morgan fingerprint density at radius 3 is 2.00 bits per heavy atom. The van der Waals surface area contributed by atoms with Crippen LogP contribution < -0.4 is 16.8 Å². The number of nitrogen functional groups attached to an aromatic ring is 2. The molecule has 0 spiro atoms. The van der Waals surface area contributed by atoms with Gasteiger partial charge in [0.05, 0.1) is 13.0 Å². The predicted octanol–water partition coefficient (Wildman–Crippen LogP) is 3.18. The van der Waals surface area contributed by atoms with Crippen molar-refractivity contribution in [3.05, 3.63) is 68.0 Å². The summed E-state index contributed by atoms with van der Waals surface area (Å²) in [6.45, 7) is 7.25. The lowest BCUT2D eigenvalue weighted by molar-refractivity contribution is -0.119. The van der Waals surface area contributed by atoms with E-state index in [1.54, 1.807) is 26.0 Å². The number of hydrogen-bond acceptors (Lipinski definition) is 10. The molecule has 2 heterocycles. The van der Waals surface area contributed by atoms with Crippen LogP contribution in [0.3, 0.4) is 0 Å². The molecule has 2 aromatic rings. The summed E-state index contributed by atoms with van der Waals surface area (Å²) in [5.74, 6) is 0.428. The van der Waals surface area contributed by atoms with E-state index in [9.17, 15) is 19.8 Å². The molecule has 0 unspecified atom stereocenters. The monoisotopic (exact) mass is 560 g/mol. The van der Waals surface area contributed by atoms with Crippen molar-refractivity contribution in [3.63, 3.8) is 0 Å². The Labute approximate surface area is 231 Å². The number of nitrogens with two attached hydrogens (primary N) is 2. The molecule has 0 atom stereocenters. The Balaban J connectivity index is 2.19. The fourth-order valence-corrected chi connectivity index (χ4v) is 6.25. The van der Waals surface area contributed by atoms with Crippen molar-refractivity contribution in [2.24, 2.45) is 0 Å². The lowest BCUT2D eigenvalue weighted by atomic mass is 10.1. The van der Waals surface area contributed by atoms with E-state index >= 15 is 0 Å². The molecule has 0 bridgehead atoms. The van der Waals surface area contributed by atoms with Crippen LogP contribution in [0.5, 0.6) is 0 Å². The van der Waals surface area contributed by atoms with E-state index in [0.717, 1.165) is 27.6 Å². The number of hydrogen-bond donors (Lipinski definition) is 5. The molecule has 0 aliphatic heterocycles. The van der Waals surface area contributed by atoms with Crippen LogP contribution in [-0.4, -0.2) is 50.6 Å². The van der Waals surface area contributed by atoms with Crippen molar-refractivity contribution in [2.75, 3.05) is 24.7 Å². The second kappa shape index (κ2) is 15.4. The van der Waals surface area contributed by atoms with E-state index in [4.69, 9.17) is 11.5 Å². The molecule has 12 heteroatoms. The lowest BCUT2D eigenvalue weighted by Crippen LogP contribution is -2.24. The first-order chi connectivity index (χ1) is 18.1. The van der Waals surface area contributed by atoms with Crippen LogP contribution in [0.1, 0.15) is 49.2 Å². The van der Waals surface area contributed by atoms with E-state index in [1.165, 1.54) is 26.5 Å². The first-order valence-electron chi connectivity index (χ1n) is 12.0. The van der Waals surface area contributed by atoms with Crippen molar-refractivity contribution < 1.29 is 19.8 Å². The number of nitrogens with one attached hydrogen (secondary N) is 1.